The van der Waals surface area contributed by atoms with Gasteiger partial charge in [-0.25, -0.2) is 0 Å². The van der Waals surface area contributed by atoms with Crippen LogP contribution < -0.4 is 0 Å². The SMILES string of the molecule is CC(=O)N(CCCCCCO[Si](C)(C)C(C)(C)C)C1CCCCC1. The molecule has 0 aromatic carbocycles. The molecule has 1 fully saturated rings. The maximum atomic E-state index is 11.9. The lowest BCUT2D eigenvalue weighted by molar-refractivity contribution is -0.131. The molecular weight excluding hydrogens is 314 g/mol. The third kappa shape index (κ3) is 7.26. The summed E-state index contributed by atoms with van der Waals surface area (Å²) >= 11 is 0. The van der Waals surface area contributed by atoms with E-state index in [9.17, 15) is 4.79 Å². The van der Waals surface area contributed by atoms with Crippen molar-refractivity contribution in [2.75, 3.05) is 13.2 Å². The summed E-state index contributed by atoms with van der Waals surface area (Å²) in [4.78, 5) is 14.1. The van der Waals surface area contributed by atoms with Crippen LogP contribution >= 0.6 is 0 Å². The van der Waals surface area contributed by atoms with Crippen LogP contribution in [0.2, 0.25) is 18.1 Å². The van der Waals surface area contributed by atoms with Gasteiger partial charge in [0.1, 0.15) is 0 Å². The molecule has 0 radical (unpaired) electrons. The maximum absolute atomic E-state index is 11.9. The first-order chi connectivity index (χ1) is 11.1. The predicted molar refractivity (Wildman–Crippen MR) is 106 cm³/mol. The van der Waals surface area contributed by atoms with Gasteiger partial charge in [0.05, 0.1) is 0 Å². The highest BCUT2D eigenvalue weighted by atomic mass is 28.4. The van der Waals surface area contributed by atoms with E-state index in [4.69, 9.17) is 4.43 Å². The number of rotatable bonds is 9. The van der Waals surface area contributed by atoms with Crippen molar-refractivity contribution in [3.8, 4) is 0 Å². The van der Waals surface area contributed by atoms with Gasteiger partial charge in [-0.3, -0.25) is 4.79 Å². The predicted octanol–water partition coefficient (Wildman–Crippen LogP) is 5.75. The zero-order valence-corrected chi connectivity index (χ0v) is 18.1. The summed E-state index contributed by atoms with van der Waals surface area (Å²) in [5.74, 6) is 0.267. The van der Waals surface area contributed by atoms with Gasteiger partial charge >= 0.3 is 0 Å². The summed E-state index contributed by atoms with van der Waals surface area (Å²) in [6.45, 7) is 15.1. The number of carbonyl (C=O) groups excluding carboxylic acids is 1. The van der Waals surface area contributed by atoms with E-state index in [0.717, 1.165) is 26.0 Å². The lowest BCUT2D eigenvalue weighted by Gasteiger charge is -2.36. The van der Waals surface area contributed by atoms with E-state index in [2.05, 4.69) is 38.8 Å². The minimum absolute atomic E-state index is 0.267. The van der Waals surface area contributed by atoms with Crippen molar-refractivity contribution in [2.24, 2.45) is 0 Å². The molecule has 0 aromatic heterocycles. The van der Waals surface area contributed by atoms with Gasteiger partial charge < -0.3 is 9.33 Å². The summed E-state index contributed by atoms with van der Waals surface area (Å²) in [5.41, 5.74) is 0. The van der Waals surface area contributed by atoms with Gasteiger partial charge in [-0.05, 0) is 43.8 Å². The van der Waals surface area contributed by atoms with Crippen molar-refractivity contribution >= 4 is 14.2 Å². The van der Waals surface area contributed by atoms with E-state index >= 15 is 0 Å². The Bertz CT molecular complexity index is 370. The fourth-order valence-corrected chi connectivity index (χ4v) is 4.36. The number of hydrogen-bond acceptors (Lipinski definition) is 2. The molecule has 1 aliphatic rings. The molecule has 0 bridgehead atoms. The average Bonchev–Trinajstić information content (AvgIpc) is 2.49. The molecule has 0 aliphatic heterocycles. The van der Waals surface area contributed by atoms with Gasteiger partial charge in [0.15, 0.2) is 8.32 Å². The molecule has 0 N–H and O–H groups in total. The highest BCUT2D eigenvalue weighted by Gasteiger charge is 2.36. The molecule has 24 heavy (non-hydrogen) atoms. The van der Waals surface area contributed by atoms with Crippen molar-refractivity contribution in [2.45, 2.75) is 110 Å². The minimum atomic E-state index is -1.58. The summed E-state index contributed by atoms with van der Waals surface area (Å²) in [5, 5.41) is 0.301. The molecule has 1 saturated carbocycles. The van der Waals surface area contributed by atoms with Gasteiger partial charge in [0.25, 0.3) is 0 Å². The summed E-state index contributed by atoms with van der Waals surface area (Å²) in [6, 6.07) is 0.512. The third-order valence-corrected chi connectivity index (χ3v) is 10.5. The lowest BCUT2D eigenvalue weighted by Crippen LogP contribution is -2.41. The molecule has 1 aliphatic carbocycles. The summed E-state index contributed by atoms with van der Waals surface area (Å²) in [6.07, 6.45) is 11.0. The second kappa shape index (κ2) is 9.96. The Morgan fingerprint density at radius 1 is 1.04 bits per heavy atom. The number of unbranched alkanes of at least 4 members (excludes halogenated alkanes) is 3. The smallest absolute Gasteiger partial charge is 0.219 e. The van der Waals surface area contributed by atoms with Crippen LogP contribution in [0.4, 0.5) is 0 Å². The van der Waals surface area contributed by atoms with Crippen LogP contribution in [0.15, 0.2) is 0 Å². The Kier molecular flexibility index (Phi) is 9.00. The van der Waals surface area contributed by atoms with E-state index in [1.165, 1.54) is 44.9 Å². The van der Waals surface area contributed by atoms with E-state index in [1.54, 1.807) is 6.92 Å². The fourth-order valence-electron chi connectivity index (χ4n) is 3.27. The zero-order chi connectivity index (χ0) is 18.2. The van der Waals surface area contributed by atoms with Gasteiger partial charge in [-0.15, -0.1) is 0 Å². The topological polar surface area (TPSA) is 29.5 Å². The highest BCUT2D eigenvalue weighted by molar-refractivity contribution is 6.74. The molecule has 0 saturated heterocycles. The molecule has 1 rings (SSSR count). The molecule has 0 aromatic rings. The number of nitrogens with zero attached hydrogens (tertiary/aromatic N) is 1. The molecule has 0 atom stereocenters. The monoisotopic (exact) mass is 355 g/mol. The quantitative estimate of drug-likeness (QED) is 0.389. The van der Waals surface area contributed by atoms with E-state index in [1.807, 2.05) is 0 Å². The molecule has 4 heteroatoms. The van der Waals surface area contributed by atoms with Crippen molar-refractivity contribution in [3.63, 3.8) is 0 Å². The van der Waals surface area contributed by atoms with Crippen LogP contribution in [0, 0.1) is 0 Å². The van der Waals surface area contributed by atoms with Gasteiger partial charge in [0.2, 0.25) is 5.91 Å². The molecule has 3 nitrogen and oxygen atoms in total. The van der Waals surface area contributed by atoms with Crippen molar-refractivity contribution in [1.29, 1.82) is 0 Å². The van der Waals surface area contributed by atoms with E-state index in [0.29, 0.717) is 11.1 Å². The summed E-state index contributed by atoms with van der Waals surface area (Å²) in [7, 11) is -1.58. The van der Waals surface area contributed by atoms with Crippen molar-refractivity contribution in [1.82, 2.24) is 4.90 Å². The Hall–Kier alpha value is -0.353. The van der Waals surface area contributed by atoms with Gasteiger partial charge in [-0.2, -0.15) is 0 Å². The normalized spacial score (nSPS) is 17.1. The van der Waals surface area contributed by atoms with Crippen LogP contribution in [-0.2, 0) is 9.22 Å². The number of hydrogen-bond donors (Lipinski definition) is 0. The lowest BCUT2D eigenvalue weighted by atomic mass is 9.94. The minimum Gasteiger partial charge on any atom is -0.417 e. The van der Waals surface area contributed by atoms with E-state index < -0.39 is 8.32 Å². The number of carbonyl (C=O) groups is 1. The van der Waals surface area contributed by atoms with Crippen LogP contribution in [0.1, 0.15) is 85.5 Å². The number of amides is 1. The van der Waals surface area contributed by atoms with Crippen LogP contribution in [-0.4, -0.2) is 38.3 Å². The Morgan fingerprint density at radius 2 is 1.62 bits per heavy atom. The maximum Gasteiger partial charge on any atom is 0.219 e. The second-order valence-electron chi connectivity index (χ2n) is 9.03. The first-order valence-corrected chi connectivity index (χ1v) is 13.0. The third-order valence-electron chi connectivity index (χ3n) is 5.98. The van der Waals surface area contributed by atoms with Crippen LogP contribution in [0.5, 0.6) is 0 Å². The molecule has 142 valence electrons. The molecule has 0 spiro atoms. The molecular formula is C20H41NO2Si. The van der Waals surface area contributed by atoms with Gasteiger partial charge in [0, 0.05) is 26.1 Å². The van der Waals surface area contributed by atoms with Crippen LogP contribution in [0.25, 0.3) is 0 Å². The molecule has 1 amide bonds. The Labute approximate surface area is 151 Å². The second-order valence-corrected chi connectivity index (χ2v) is 13.8. The van der Waals surface area contributed by atoms with Crippen molar-refractivity contribution in [3.05, 3.63) is 0 Å². The van der Waals surface area contributed by atoms with Crippen LogP contribution in [0.3, 0.4) is 0 Å². The fraction of sp³-hybridized carbons (Fsp3) is 0.950. The summed E-state index contributed by atoms with van der Waals surface area (Å²) < 4.78 is 6.23. The Balaban J connectivity index is 2.17. The first kappa shape index (κ1) is 21.7. The van der Waals surface area contributed by atoms with Crippen molar-refractivity contribution < 1.29 is 9.22 Å². The Morgan fingerprint density at radius 3 is 2.17 bits per heavy atom. The highest BCUT2D eigenvalue weighted by Crippen LogP contribution is 2.36. The average molecular weight is 356 g/mol. The largest absolute Gasteiger partial charge is 0.417 e. The van der Waals surface area contributed by atoms with Gasteiger partial charge in [-0.1, -0.05) is 52.9 Å². The molecule has 0 unspecified atom stereocenters. The first-order valence-electron chi connectivity index (χ1n) is 10.1. The zero-order valence-electron chi connectivity index (χ0n) is 17.1. The standard InChI is InChI=1S/C20H41NO2Si/c1-18(22)21(19-14-10-9-11-15-19)16-12-7-8-13-17-23-24(5,6)20(2,3)4/h19H,7-17H2,1-6H3. The molecule has 0 heterocycles. The van der Waals surface area contributed by atoms with E-state index in [-0.39, 0.29) is 5.91 Å².